The van der Waals surface area contributed by atoms with Crippen molar-refractivity contribution in [3.8, 4) is 12.1 Å². The highest BCUT2D eigenvalue weighted by Gasteiger charge is 2.18. The maximum atomic E-state index is 10.9. The van der Waals surface area contributed by atoms with Gasteiger partial charge >= 0.3 is 5.97 Å². The topological polar surface area (TPSA) is 125 Å². The molecule has 7 nitrogen and oxygen atoms in total. The molecule has 0 aromatic heterocycles. The molecular formula is C31H56N2O5. The number of nitriles is 2. The van der Waals surface area contributed by atoms with Crippen molar-refractivity contribution in [2.75, 3.05) is 7.11 Å². The number of rotatable bonds is 11. The van der Waals surface area contributed by atoms with E-state index in [1.807, 2.05) is 83.1 Å². The van der Waals surface area contributed by atoms with E-state index in [-0.39, 0.29) is 33.9 Å². The molecule has 0 aromatic rings. The number of ether oxygens (including phenoxy) is 1. The molecule has 0 bridgehead atoms. The van der Waals surface area contributed by atoms with Crippen LogP contribution in [0.2, 0.25) is 0 Å². The summed E-state index contributed by atoms with van der Waals surface area (Å²) < 4.78 is 4.48. The Bertz CT molecular complexity index is 776. The minimum Gasteiger partial charge on any atom is -0.469 e. The second kappa shape index (κ2) is 22.4. The van der Waals surface area contributed by atoms with E-state index in [0.29, 0.717) is 56.5 Å². The van der Waals surface area contributed by atoms with Gasteiger partial charge in [-0.3, -0.25) is 19.2 Å². The van der Waals surface area contributed by atoms with Crippen LogP contribution in [-0.4, -0.2) is 30.4 Å². The summed E-state index contributed by atoms with van der Waals surface area (Å²) >= 11 is 0. The summed E-state index contributed by atoms with van der Waals surface area (Å²) in [6.45, 7) is 22.8. The molecule has 0 aliphatic carbocycles. The lowest BCUT2D eigenvalue weighted by molar-refractivity contribution is -0.140. The van der Waals surface area contributed by atoms with Gasteiger partial charge in [0, 0.05) is 43.4 Å². The van der Waals surface area contributed by atoms with Crippen LogP contribution in [0.15, 0.2) is 0 Å². The first-order valence-corrected chi connectivity index (χ1v) is 13.7. The number of hydrogen-bond acceptors (Lipinski definition) is 7. The van der Waals surface area contributed by atoms with E-state index in [9.17, 15) is 19.2 Å². The summed E-state index contributed by atoms with van der Waals surface area (Å²) in [5, 5.41) is 17.3. The molecule has 0 aliphatic heterocycles. The van der Waals surface area contributed by atoms with Gasteiger partial charge in [-0.1, -0.05) is 55.4 Å². The van der Waals surface area contributed by atoms with Gasteiger partial charge in [0.1, 0.15) is 17.3 Å². The number of carbonyl (C=O) groups excluding carboxylic acids is 4. The smallest absolute Gasteiger partial charge is 0.305 e. The Morgan fingerprint density at radius 3 is 1.42 bits per heavy atom. The zero-order valence-corrected chi connectivity index (χ0v) is 26.7. The lowest BCUT2D eigenvalue weighted by Crippen LogP contribution is -2.18. The molecule has 0 atom stereocenters. The Balaban J connectivity index is -0.000000207. The minimum absolute atomic E-state index is 0.130. The quantitative estimate of drug-likeness (QED) is 0.246. The van der Waals surface area contributed by atoms with Gasteiger partial charge in [0.05, 0.1) is 30.1 Å². The molecule has 0 rings (SSSR count). The van der Waals surface area contributed by atoms with Crippen LogP contribution in [0.5, 0.6) is 0 Å². The summed E-state index contributed by atoms with van der Waals surface area (Å²) in [6.07, 6.45) is 4.99. The van der Waals surface area contributed by atoms with Gasteiger partial charge in [-0.2, -0.15) is 10.5 Å². The molecular weight excluding hydrogens is 480 g/mol. The number of nitrogens with zero attached hydrogens (tertiary/aromatic N) is 2. The molecule has 38 heavy (non-hydrogen) atoms. The van der Waals surface area contributed by atoms with Crippen molar-refractivity contribution < 1.29 is 23.9 Å². The van der Waals surface area contributed by atoms with Gasteiger partial charge in [0.2, 0.25) is 0 Å². The maximum Gasteiger partial charge on any atom is 0.305 e. The fourth-order valence-corrected chi connectivity index (χ4v) is 2.46. The fourth-order valence-electron chi connectivity index (χ4n) is 2.46. The van der Waals surface area contributed by atoms with E-state index in [1.165, 1.54) is 7.11 Å². The van der Waals surface area contributed by atoms with Crippen molar-refractivity contribution in [3.05, 3.63) is 0 Å². The third kappa shape index (κ3) is 29.7. The number of methoxy groups -OCH3 is 1. The van der Waals surface area contributed by atoms with Crippen LogP contribution in [0.1, 0.15) is 134 Å². The predicted molar refractivity (Wildman–Crippen MR) is 154 cm³/mol. The van der Waals surface area contributed by atoms with Crippen LogP contribution in [-0.2, 0) is 23.9 Å². The number of hydrogen-bond donors (Lipinski definition) is 0. The molecule has 0 saturated carbocycles. The van der Waals surface area contributed by atoms with Crippen LogP contribution >= 0.6 is 0 Å². The Morgan fingerprint density at radius 2 is 1.18 bits per heavy atom. The predicted octanol–water partition coefficient (Wildman–Crippen LogP) is 7.81. The van der Waals surface area contributed by atoms with Gasteiger partial charge in [0.25, 0.3) is 0 Å². The molecule has 0 heterocycles. The van der Waals surface area contributed by atoms with E-state index >= 15 is 0 Å². The molecule has 0 amide bonds. The number of ketones is 3. The Morgan fingerprint density at radius 1 is 0.737 bits per heavy atom. The van der Waals surface area contributed by atoms with E-state index in [2.05, 4.69) is 16.9 Å². The van der Waals surface area contributed by atoms with Crippen molar-refractivity contribution in [2.45, 2.75) is 134 Å². The van der Waals surface area contributed by atoms with Gasteiger partial charge in [0.15, 0.2) is 0 Å². The molecule has 0 radical (unpaired) electrons. The van der Waals surface area contributed by atoms with Crippen LogP contribution in [0.4, 0.5) is 0 Å². The molecule has 0 N–H and O–H groups in total. The lowest BCUT2D eigenvalue weighted by Gasteiger charge is -2.13. The van der Waals surface area contributed by atoms with Gasteiger partial charge in [-0.15, -0.1) is 0 Å². The first-order valence-electron chi connectivity index (χ1n) is 13.7. The normalized spacial score (nSPS) is 10.6. The summed E-state index contributed by atoms with van der Waals surface area (Å²) in [4.78, 5) is 42.9. The average Bonchev–Trinajstić information content (AvgIpc) is 2.86. The maximum absolute atomic E-state index is 10.9. The SMILES string of the molecule is CCC(=O)C(C)(C)C.CCC(=O)C(C)C.CCC(=O)CCC(C)(C)C#N.COC(=O)CCCC(C)(C)C#N. The lowest BCUT2D eigenvalue weighted by atomic mass is 9.88. The van der Waals surface area contributed by atoms with E-state index in [4.69, 9.17) is 10.5 Å². The van der Waals surface area contributed by atoms with E-state index in [0.717, 1.165) is 6.42 Å². The van der Waals surface area contributed by atoms with Gasteiger partial charge < -0.3 is 4.74 Å². The molecule has 0 saturated heterocycles. The zero-order chi connectivity index (χ0) is 31.2. The summed E-state index contributed by atoms with van der Waals surface area (Å²) in [6, 6.07) is 4.35. The molecule has 0 spiro atoms. The van der Waals surface area contributed by atoms with Gasteiger partial charge in [-0.25, -0.2) is 0 Å². The van der Waals surface area contributed by atoms with Crippen molar-refractivity contribution in [2.24, 2.45) is 22.2 Å². The molecule has 0 unspecified atom stereocenters. The zero-order valence-electron chi connectivity index (χ0n) is 26.7. The summed E-state index contributed by atoms with van der Waals surface area (Å²) in [5.41, 5.74) is -0.798. The van der Waals surface area contributed by atoms with Crippen LogP contribution in [0.3, 0.4) is 0 Å². The van der Waals surface area contributed by atoms with Crippen molar-refractivity contribution in [3.63, 3.8) is 0 Å². The third-order valence-electron chi connectivity index (χ3n) is 5.59. The highest BCUT2D eigenvalue weighted by atomic mass is 16.5. The van der Waals surface area contributed by atoms with Crippen molar-refractivity contribution >= 4 is 23.3 Å². The molecule has 7 heteroatoms. The Labute approximate surface area is 233 Å². The van der Waals surface area contributed by atoms with E-state index in [1.54, 1.807) is 0 Å². The number of carbonyl (C=O) groups is 4. The molecule has 0 fully saturated rings. The largest absolute Gasteiger partial charge is 0.469 e. The Kier molecular flexibility index (Phi) is 25.1. The molecule has 0 aliphatic rings. The summed E-state index contributed by atoms with van der Waals surface area (Å²) in [5.74, 6) is 0.944. The number of esters is 1. The highest BCUT2D eigenvalue weighted by Crippen LogP contribution is 2.22. The van der Waals surface area contributed by atoms with Crippen LogP contribution in [0, 0.1) is 44.8 Å². The van der Waals surface area contributed by atoms with E-state index < -0.39 is 0 Å². The molecule has 220 valence electrons. The second-order valence-electron chi connectivity index (χ2n) is 11.8. The number of Topliss-reactive ketones (excluding diaryl/α,β-unsaturated/α-hetero) is 3. The average molecular weight is 537 g/mol. The first-order chi connectivity index (χ1) is 17.2. The highest BCUT2D eigenvalue weighted by molar-refractivity contribution is 5.83. The van der Waals surface area contributed by atoms with Crippen molar-refractivity contribution in [1.82, 2.24) is 0 Å². The second-order valence-corrected chi connectivity index (χ2v) is 11.8. The fraction of sp³-hybridized carbons (Fsp3) is 0.806. The first kappa shape index (κ1) is 42.5. The molecule has 0 aromatic carbocycles. The van der Waals surface area contributed by atoms with Crippen molar-refractivity contribution in [1.29, 1.82) is 10.5 Å². The standard InChI is InChI=1S/C9H15NO2.C9H15NO.C7H14O.C6H12O/c1-9(2,7-10)6-4-5-8(11)12-3;1-4-8(11)5-6-9(2,3)7-10;1-5-6(8)7(2,3)4;1-4-6(7)5(2)3/h4-6H2,1-3H3;4-6H2,1-3H3;5H2,1-4H3;5H,4H2,1-3H3. The third-order valence-corrected chi connectivity index (χ3v) is 5.59. The monoisotopic (exact) mass is 536 g/mol. The minimum atomic E-state index is -0.342. The van der Waals surface area contributed by atoms with Crippen LogP contribution in [0.25, 0.3) is 0 Å². The Hall–Kier alpha value is -2.54. The van der Waals surface area contributed by atoms with Crippen LogP contribution < -0.4 is 0 Å². The summed E-state index contributed by atoms with van der Waals surface area (Å²) in [7, 11) is 1.37. The van der Waals surface area contributed by atoms with Gasteiger partial charge in [-0.05, 0) is 47.0 Å².